The highest BCUT2D eigenvalue weighted by Gasteiger charge is 2.31. The first-order valence-corrected chi connectivity index (χ1v) is 6.52. The normalized spacial score (nSPS) is 24.9. The van der Waals surface area contributed by atoms with E-state index in [4.69, 9.17) is 0 Å². The summed E-state index contributed by atoms with van der Waals surface area (Å²) in [6, 6.07) is 0.0435. The van der Waals surface area contributed by atoms with Gasteiger partial charge in [-0.3, -0.25) is 9.59 Å². The van der Waals surface area contributed by atoms with E-state index in [1.54, 1.807) is 0 Å². The monoisotopic (exact) mass is 239 g/mol. The highest BCUT2D eigenvalue weighted by atomic mass is 16.2. The Hall–Kier alpha value is -1.10. The lowest BCUT2D eigenvalue weighted by molar-refractivity contribution is -0.138. The van der Waals surface area contributed by atoms with Crippen LogP contribution in [0.5, 0.6) is 0 Å². The lowest BCUT2D eigenvalue weighted by Gasteiger charge is -2.32. The molecule has 5 nitrogen and oxygen atoms in total. The van der Waals surface area contributed by atoms with E-state index < -0.39 is 0 Å². The Morgan fingerprint density at radius 2 is 2.29 bits per heavy atom. The summed E-state index contributed by atoms with van der Waals surface area (Å²) in [6.45, 7) is 4.39. The molecule has 1 aliphatic carbocycles. The van der Waals surface area contributed by atoms with E-state index in [0.29, 0.717) is 6.04 Å². The second kappa shape index (κ2) is 5.49. The fourth-order valence-electron chi connectivity index (χ4n) is 2.14. The van der Waals surface area contributed by atoms with Crippen molar-refractivity contribution in [3.05, 3.63) is 0 Å². The van der Waals surface area contributed by atoms with Crippen molar-refractivity contribution in [3.63, 3.8) is 0 Å². The molecule has 96 valence electrons. The highest BCUT2D eigenvalue weighted by molar-refractivity contribution is 5.89. The minimum Gasteiger partial charge on any atom is -0.353 e. The smallest absolute Gasteiger partial charge is 0.240 e. The fourth-order valence-corrected chi connectivity index (χ4v) is 2.14. The zero-order valence-corrected chi connectivity index (χ0v) is 10.4. The molecule has 0 aromatic rings. The molecule has 0 aromatic carbocycles. The van der Waals surface area contributed by atoms with Gasteiger partial charge in [-0.25, -0.2) is 0 Å². The molecule has 1 saturated heterocycles. The number of rotatable bonds is 5. The number of carbonyl (C=O) groups excluding carboxylic acids is 2. The highest BCUT2D eigenvalue weighted by Crippen LogP contribution is 2.19. The number of carbonyl (C=O) groups is 2. The van der Waals surface area contributed by atoms with Crippen LogP contribution in [0.4, 0.5) is 0 Å². The standard InChI is InChI=1S/C12H21N3O2/c1-2-6-15-7-5-13-10(12(15)17)8-11(16)14-9-3-4-9/h9-10,13H,2-8H2,1H3,(H,14,16). The van der Waals surface area contributed by atoms with Gasteiger partial charge < -0.3 is 15.5 Å². The third kappa shape index (κ3) is 3.43. The molecule has 0 aromatic heterocycles. The Morgan fingerprint density at radius 3 is 2.94 bits per heavy atom. The van der Waals surface area contributed by atoms with Crippen molar-refractivity contribution in [3.8, 4) is 0 Å². The van der Waals surface area contributed by atoms with Crippen LogP contribution in [0.25, 0.3) is 0 Å². The van der Waals surface area contributed by atoms with E-state index in [2.05, 4.69) is 17.6 Å². The van der Waals surface area contributed by atoms with E-state index in [1.807, 2.05) is 4.90 Å². The SMILES string of the molecule is CCCN1CCNC(CC(=O)NC2CC2)C1=O. The summed E-state index contributed by atoms with van der Waals surface area (Å²) in [5, 5.41) is 6.05. The van der Waals surface area contributed by atoms with Crippen molar-refractivity contribution in [2.75, 3.05) is 19.6 Å². The molecule has 17 heavy (non-hydrogen) atoms. The van der Waals surface area contributed by atoms with Crippen LogP contribution in [0, 0.1) is 0 Å². The van der Waals surface area contributed by atoms with Gasteiger partial charge in [0.05, 0.1) is 12.5 Å². The minimum atomic E-state index is -0.325. The van der Waals surface area contributed by atoms with Crippen LogP contribution < -0.4 is 10.6 Å². The summed E-state index contributed by atoms with van der Waals surface area (Å²) >= 11 is 0. The molecule has 1 atom stereocenters. The maximum Gasteiger partial charge on any atom is 0.240 e. The van der Waals surface area contributed by atoms with E-state index in [9.17, 15) is 9.59 Å². The first-order valence-electron chi connectivity index (χ1n) is 6.52. The zero-order valence-electron chi connectivity index (χ0n) is 10.4. The van der Waals surface area contributed by atoms with Crippen molar-refractivity contribution in [1.29, 1.82) is 0 Å². The molecular formula is C12H21N3O2. The first kappa shape index (κ1) is 12.4. The number of hydrogen-bond donors (Lipinski definition) is 2. The molecule has 2 N–H and O–H groups in total. The Bertz CT molecular complexity index is 300. The fraction of sp³-hybridized carbons (Fsp3) is 0.833. The molecule has 2 aliphatic rings. The van der Waals surface area contributed by atoms with Crippen molar-refractivity contribution in [1.82, 2.24) is 15.5 Å². The summed E-state index contributed by atoms with van der Waals surface area (Å²) < 4.78 is 0. The zero-order chi connectivity index (χ0) is 12.3. The largest absolute Gasteiger partial charge is 0.353 e. The van der Waals surface area contributed by atoms with Gasteiger partial charge in [-0.15, -0.1) is 0 Å². The van der Waals surface area contributed by atoms with Gasteiger partial charge in [0.2, 0.25) is 11.8 Å². The maximum atomic E-state index is 12.0. The van der Waals surface area contributed by atoms with E-state index in [-0.39, 0.29) is 24.3 Å². The number of amides is 2. The van der Waals surface area contributed by atoms with Gasteiger partial charge in [0, 0.05) is 25.7 Å². The van der Waals surface area contributed by atoms with Crippen molar-refractivity contribution >= 4 is 11.8 Å². The molecule has 1 unspecified atom stereocenters. The third-order valence-electron chi connectivity index (χ3n) is 3.21. The van der Waals surface area contributed by atoms with Crippen molar-refractivity contribution < 1.29 is 9.59 Å². The molecule has 2 rings (SSSR count). The molecule has 1 aliphatic heterocycles. The predicted molar refractivity (Wildman–Crippen MR) is 64.4 cm³/mol. The lowest BCUT2D eigenvalue weighted by Crippen LogP contribution is -2.56. The van der Waals surface area contributed by atoms with Crippen LogP contribution in [0.3, 0.4) is 0 Å². The van der Waals surface area contributed by atoms with Crippen molar-refractivity contribution in [2.24, 2.45) is 0 Å². The molecule has 2 fully saturated rings. The van der Waals surface area contributed by atoms with Crippen LogP contribution in [-0.4, -0.2) is 48.4 Å². The summed E-state index contributed by atoms with van der Waals surface area (Å²) in [4.78, 5) is 25.5. The molecule has 0 radical (unpaired) electrons. The van der Waals surface area contributed by atoms with Crippen LogP contribution >= 0.6 is 0 Å². The maximum absolute atomic E-state index is 12.0. The number of hydrogen-bond acceptors (Lipinski definition) is 3. The van der Waals surface area contributed by atoms with Gasteiger partial charge in [-0.2, -0.15) is 0 Å². The average molecular weight is 239 g/mol. The van der Waals surface area contributed by atoms with Crippen LogP contribution in [-0.2, 0) is 9.59 Å². The molecule has 1 heterocycles. The second-order valence-electron chi connectivity index (χ2n) is 4.88. The molecule has 1 saturated carbocycles. The minimum absolute atomic E-state index is 0.00306. The van der Waals surface area contributed by atoms with Crippen LogP contribution in [0.15, 0.2) is 0 Å². The van der Waals surface area contributed by atoms with Gasteiger partial charge in [-0.1, -0.05) is 6.92 Å². The topological polar surface area (TPSA) is 61.4 Å². The van der Waals surface area contributed by atoms with Crippen LogP contribution in [0.2, 0.25) is 0 Å². The lowest BCUT2D eigenvalue weighted by atomic mass is 10.1. The Balaban J connectivity index is 1.81. The summed E-state index contributed by atoms with van der Waals surface area (Å²) in [6.07, 6.45) is 3.40. The summed E-state index contributed by atoms with van der Waals surface area (Å²) in [5.74, 6) is 0.0701. The number of piperazine rings is 1. The first-order chi connectivity index (χ1) is 8.20. The number of nitrogens with one attached hydrogen (secondary N) is 2. The predicted octanol–water partition coefficient (Wildman–Crippen LogP) is -0.134. The van der Waals surface area contributed by atoms with Gasteiger partial charge in [0.25, 0.3) is 0 Å². The molecular weight excluding hydrogens is 218 g/mol. The Labute approximate surface area is 102 Å². The van der Waals surface area contributed by atoms with Crippen LogP contribution in [0.1, 0.15) is 32.6 Å². The average Bonchev–Trinajstić information content (AvgIpc) is 3.08. The van der Waals surface area contributed by atoms with Crippen molar-refractivity contribution in [2.45, 2.75) is 44.7 Å². The molecule has 0 spiro atoms. The third-order valence-corrected chi connectivity index (χ3v) is 3.21. The van der Waals surface area contributed by atoms with Gasteiger partial charge in [0.15, 0.2) is 0 Å². The quantitative estimate of drug-likeness (QED) is 0.702. The summed E-state index contributed by atoms with van der Waals surface area (Å²) in [7, 11) is 0. The Morgan fingerprint density at radius 1 is 1.53 bits per heavy atom. The molecule has 0 bridgehead atoms. The van der Waals surface area contributed by atoms with E-state index in [1.165, 1.54) is 0 Å². The van der Waals surface area contributed by atoms with Gasteiger partial charge in [0.1, 0.15) is 0 Å². The summed E-state index contributed by atoms with van der Waals surface area (Å²) in [5.41, 5.74) is 0. The van der Waals surface area contributed by atoms with Gasteiger partial charge in [-0.05, 0) is 19.3 Å². The second-order valence-corrected chi connectivity index (χ2v) is 4.88. The van der Waals surface area contributed by atoms with Gasteiger partial charge >= 0.3 is 0 Å². The van der Waals surface area contributed by atoms with E-state index >= 15 is 0 Å². The molecule has 5 heteroatoms. The number of nitrogens with zero attached hydrogens (tertiary/aromatic N) is 1. The Kier molecular flexibility index (Phi) is 3.99. The molecule has 2 amide bonds. The van der Waals surface area contributed by atoms with E-state index in [0.717, 1.165) is 38.9 Å².